The lowest BCUT2D eigenvalue weighted by molar-refractivity contribution is -0.137. The third kappa shape index (κ3) is 3.57. The fourth-order valence-electron chi connectivity index (χ4n) is 3.69. The van der Waals surface area contributed by atoms with E-state index in [-0.39, 0.29) is 17.0 Å². The number of ketones is 1. The summed E-state index contributed by atoms with van der Waals surface area (Å²) in [5.41, 5.74) is 0.772. The minimum Gasteiger partial charge on any atom is -0.507 e. The molecule has 1 unspecified atom stereocenters. The van der Waals surface area contributed by atoms with E-state index in [1.807, 2.05) is 13.8 Å². The number of anilines is 1. The highest BCUT2D eigenvalue weighted by molar-refractivity contribution is 6.51. The van der Waals surface area contributed by atoms with Crippen molar-refractivity contribution >= 4 is 23.1 Å². The molecule has 0 bridgehead atoms. The predicted molar refractivity (Wildman–Crippen MR) is 111 cm³/mol. The summed E-state index contributed by atoms with van der Waals surface area (Å²) in [5, 5.41) is 11.0. The number of rotatable bonds is 3. The molecule has 1 fully saturated rings. The van der Waals surface area contributed by atoms with Gasteiger partial charge in [-0.2, -0.15) is 13.2 Å². The Morgan fingerprint density at radius 2 is 1.75 bits per heavy atom. The van der Waals surface area contributed by atoms with Gasteiger partial charge in [0, 0.05) is 11.3 Å². The maximum atomic E-state index is 13.3. The average Bonchev–Trinajstić information content (AvgIpc) is 3.36. The number of Topliss-reactive ketones (excluding diaryl/α,β-unsaturated/α-hetero) is 1. The first kappa shape index (κ1) is 21.4. The number of aryl methyl sites for hydroxylation is 2. The van der Waals surface area contributed by atoms with Gasteiger partial charge >= 0.3 is 6.18 Å². The summed E-state index contributed by atoms with van der Waals surface area (Å²) in [7, 11) is 0. The summed E-state index contributed by atoms with van der Waals surface area (Å²) in [6.07, 6.45) is -3.32. The van der Waals surface area contributed by atoms with E-state index in [0.717, 1.165) is 34.2 Å². The molecule has 8 heteroatoms. The van der Waals surface area contributed by atoms with E-state index >= 15 is 0 Å². The lowest BCUT2D eigenvalue weighted by Crippen LogP contribution is -2.29. The fourth-order valence-corrected chi connectivity index (χ4v) is 3.69. The maximum Gasteiger partial charge on any atom is 0.416 e. The average molecular weight is 441 g/mol. The van der Waals surface area contributed by atoms with E-state index < -0.39 is 35.2 Å². The van der Waals surface area contributed by atoms with Crippen LogP contribution in [0, 0.1) is 13.8 Å². The van der Waals surface area contributed by atoms with Crippen molar-refractivity contribution in [2.75, 3.05) is 4.90 Å². The summed E-state index contributed by atoms with van der Waals surface area (Å²) in [5.74, 6) is -2.37. The summed E-state index contributed by atoms with van der Waals surface area (Å²) in [6, 6.07) is 10.9. The van der Waals surface area contributed by atoms with Gasteiger partial charge < -0.3 is 9.52 Å². The Labute approximate surface area is 181 Å². The number of alkyl halides is 3. The molecule has 164 valence electrons. The number of aliphatic hydroxyl groups excluding tert-OH is 1. The Hall–Kier alpha value is -3.81. The lowest BCUT2D eigenvalue weighted by atomic mass is 9.97. The standard InChI is InChI=1S/C24H18F3NO4/c1-13-8-9-15(11-14(13)2)21(29)19-20(18-7-4-10-32-18)28(23(31)22(19)30)17-6-3-5-16(12-17)24(25,26)27/h3-12,20,29H,1-2H3/b21-19-. The number of nitrogens with zero attached hydrogens (tertiary/aromatic N) is 1. The smallest absolute Gasteiger partial charge is 0.416 e. The quantitative estimate of drug-likeness (QED) is 0.329. The van der Waals surface area contributed by atoms with Gasteiger partial charge in [0.05, 0.1) is 17.4 Å². The van der Waals surface area contributed by atoms with Gasteiger partial charge in [-0.15, -0.1) is 0 Å². The van der Waals surface area contributed by atoms with E-state index in [4.69, 9.17) is 4.42 Å². The molecule has 2 aromatic carbocycles. The Kier molecular flexibility index (Phi) is 5.16. The highest BCUT2D eigenvalue weighted by Gasteiger charge is 2.48. The SMILES string of the molecule is Cc1ccc(/C(O)=C2/C(=O)C(=O)N(c3cccc(C(F)(F)F)c3)C2c2ccco2)cc1C. The second kappa shape index (κ2) is 7.71. The van der Waals surface area contributed by atoms with E-state index in [1.165, 1.54) is 24.5 Å². The largest absolute Gasteiger partial charge is 0.507 e. The molecule has 1 atom stereocenters. The molecule has 0 spiro atoms. The zero-order chi connectivity index (χ0) is 23.2. The van der Waals surface area contributed by atoms with Gasteiger partial charge in [-0.05, 0) is 61.4 Å². The van der Waals surface area contributed by atoms with E-state index in [9.17, 15) is 27.9 Å². The normalized spacial score (nSPS) is 18.4. The Bertz CT molecular complexity index is 1240. The van der Waals surface area contributed by atoms with Crippen molar-refractivity contribution in [2.24, 2.45) is 0 Å². The predicted octanol–water partition coefficient (Wildman–Crippen LogP) is 5.54. The Morgan fingerprint density at radius 3 is 2.38 bits per heavy atom. The molecule has 4 rings (SSSR count). The third-order valence-corrected chi connectivity index (χ3v) is 5.49. The lowest BCUT2D eigenvalue weighted by Gasteiger charge is -2.24. The van der Waals surface area contributed by atoms with Crippen LogP contribution in [-0.2, 0) is 15.8 Å². The van der Waals surface area contributed by atoms with Crippen molar-refractivity contribution in [1.82, 2.24) is 0 Å². The van der Waals surface area contributed by atoms with Gasteiger partial charge in [0.1, 0.15) is 17.6 Å². The van der Waals surface area contributed by atoms with Gasteiger partial charge in [-0.25, -0.2) is 0 Å². The number of benzene rings is 2. The van der Waals surface area contributed by atoms with Crippen molar-refractivity contribution in [3.05, 3.63) is 94.4 Å². The molecule has 1 aliphatic heterocycles. The molecule has 0 radical (unpaired) electrons. The molecular weight excluding hydrogens is 423 g/mol. The van der Waals surface area contributed by atoms with Crippen molar-refractivity contribution in [3.63, 3.8) is 0 Å². The van der Waals surface area contributed by atoms with Crippen LogP contribution in [0.3, 0.4) is 0 Å². The van der Waals surface area contributed by atoms with Gasteiger partial charge in [0.25, 0.3) is 11.7 Å². The number of halogens is 3. The van der Waals surface area contributed by atoms with Gasteiger partial charge in [-0.1, -0.05) is 18.2 Å². The molecule has 32 heavy (non-hydrogen) atoms. The van der Waals surface area contributed by atoms with Crippen molar-refractivity contribution < 1.29 is 32.3 Å². The molecule has 1 aliphatic rings. The fraction of sp³-hybridized carbons (Fsp3) is 0.167. The molecular formula is C24H18F3NO4. The second-order valence-corrected chi connectivity index (χ2v) is 7.53. The van der Waals surface area contributed by atoms with E-state index in [1.54, 1.807) is 18.2 Å². The molecule has 1 saturated heterocycles. The number of furan rings is 1. The van der Waals surface area contributed by atoms with Crippen molar-refractivity contribution in [3.8, 4) is 0 Å². The number of hydrogen-bond donors (Lipinski definition) is 1. The molecule has 0 aliphatic carbocycles. The summed E-state index contributed by atoms with van der Waals surface area (Å²) < 4.78 is 45.2. The van der Waals surface area contributed by atoms with Crippen LogP contribution in [0.1, 0.15) is 34.1 Å². The van der Waals surface area contributed by atoms with Crippen molar-refractivity contribution in [2.45, 2.75) is 26.1 Å². The van der Waals surface area contributed by atoms with Crippen LogP contribution in [0.5, 0.6) is 0 Å². The van der Waals surface area contributed by atoms with Crippen LogP contribution in [0.2, 0.25) is 0 Å². The molecule has 1 amide bonds. The first-order valence-electron chi connectivity index (χ1n) is 9.69. The summed E-state index contributed by atoms with van der Waals surface area (Å²) in [4.78, 5) is 26.8. The van der Waals surface area contributed by atoms with E-state index in [2.05, 4.69) is 0 Å². The van der Waals surface area contributed by atoms with Gasteiger partial charge in [-0.3, -0.25) is 14.5 Å². The van der Waals surface area contributed by atoms with Crippen molar-refractivity contribution in [1.29, 1.82) is 0 Å². The second-order valence-electron chi connectivity index (χ2n) is 7.53. The van der Waals surface area contributed by atoms with Crippen LogP contribution in [0.15, 0.2) is 70.9 Å². The summed E-state index contributed by atoms with van der Waals surface area (Å²) in [6.45, 7) is 3.71. The zero-order valence-electron chi connectivity index (χ0n) is 17.1. The highest BCUT2D eigenvalue weighted by atomic mass is 19.4. The zero-order valence-corrected chi connectivity index (χ0v) is 17.1. The van der Waals surface area contributed by atoms with Crippen LogP contribution in [0.4, 0.5) is 18.9 Å². The van der Waals surface area contributed by atoms with Crippen LogP contribution >= 0.6 is 0 Å². The molecule has 1 N–H and O–H groups in total. The topological polar surface area (TPSA) is 70.8 Å². The maximum absolute atomic E-state index is 13.3. The third-order valence-electron chi connectivity index (χ3n) is 5.49. The first-order valence-corrected chi connectivity index (χ1v) is 9.69. The van der Waals surface area contributed by atoms with Crippen LogP contribution in [-0.4, -0.2) is 16.8 Å². The number of amides is 1. The monoisotopic (exact) mass is 441 g/mol. The number of hydrogen-bond acceptors (Lipinski definition) is 4. The first-order chi connectivity index (χ1) is 15.1. The van der Waals surface area contributed by atoms with E-state index in [0.29, 0.717) is 5.56 Å². The highest BCUT2D eigenvalue weighted by Crippen LogP contribution is 2.43. The molecule has 3 aromatic rings. The molecule has 1 aromatic heterocycles. The minimum absolute atomic E-state index is 0.131. The molecule has 2 heterocycles. The Balaban J connectivity index is 1.92. The Morgan fingerprint density at radius 1 is 1.00 bits per heavy atom. The van der Waals surface area contributed by atoms with Gasteiger partial charge in [0.15, 0.2) is 0 Å². The number of carbonyl (C=O) groups is 2. The molecule has 5 nitrogen and oxygen atoms in total. The minimum atomic E-state index is -4.64. The van der Waals surface area contributed by atoms with Crippen LogP contribution in [0.25, 0.3) is 5.76 Å². The molecule has 0 saturated carbocycles. The summed E-state index contributed by atoms with van der Waals surface area (Å²) >= 11 is 0. The van der Waals surface area contributed by atoms with Crippen LogP contribution < -0.4 is 4.90 Å². The number of carbonyl (C=O) groups excluding carboxylic acids is 2. The number of aliphatic hydroxyl groups is 1. The van der Waals surface area contributed by atoms with Gasteiger partial charge in [0.2, 0.25) is 0 Å².